The largest absolute Gasteiger partial charge is 0.467 e. The second-order valence-electron chi connectivity index (χ2n) is 12.9. The Bertz CT molecular complexity index is 1510. The van der Waals surface area contributed by atoms with Crippen molar-refractivity contribution in [2.45, 2.75) is 88.0 Å². The summed E-state index contributed by atoms with van der Waals surface area (Å²) in [6.45, 7) is 8.08. The van der Waals surface area contributed by atoms with Crippen molar-refractivity contribution in [2.75, 3.05) is 7.11 Å². The average molecular weight is 638 g/mol. The summed E-state index contributed by atoms with van der Waals surface area (Å²) in [6.07, 6.45) is -0.184. The first kappa shape index (κ1) is 32.7. The van der Waals surface area contributed by atoms with Crippen LogP contribution in [-0.4, -0.2) is 60.5 Å². The van der Waals surface area contributed by atoms with Gasteiger partial charge in [0.15, 0.2) is 0 Å². The first-order chi connectivity index (χ1) is 19.8. The Morgan fingerprint density at radius 2 is 1.65 bits per heavy atom. The number of halogens is 2. The highest BCUT2D eigenvalue weighted by Gasteiger charge is 2.75. The van der Waals surface area contributed by atoms with E-state index in [0.29, 0.717) is 5.56 Å². The lowest BCUT2D eigenvalue weighted by Gasteiger charge is -2.72. The van der Waals surface area contributed by atoms with Crippen LogP contribution in [0.3, 0.4) is 0 Å². The Morgan fingerprint density at radius 1 is 1.05 bits per heavy atom. The molecule has 3 fully saturated rings. The fourth-order valence-electron chi connectivity index (χ4n) is 5.85. The maximum absolute atomic E-state index is 14.3. The number of hydrogen-bond acceptors (Lipinski definition) is 7. The van der Waals surface area contributed by atoms with Crippen LogP contribution in [0.5, 0.6) is 0 Å². The van der Waals surface area contributed by atoms with Crippen LogP contribution in [0.2, 0.25) is 5.02 Å². The molecule has 2 N–H and O–H groups in total. The summed E-state index contributed by atoms with van der Waals surface area (Å²) in [6, 6.07) is 10.8. The van der Waals surface area contributed by atoms with Crippen LogP contribution in [-0.2, 0) is 35.6 Å². The number of carbonyl (C=O) groups excluding carboxylic acids is 3. The Kier molecular flexibility index (Phi) is 8.64. The summed E-state index contributed by atoms with van der Waals surface area (Å²) in [4.78, 5) is 38.9. The van der Waals surface area contributed by atoms with Crippen molar-refractivity contribution in [3.05, 3.63) is 64.9 Å². The minimum atomic E-state index is -4.04. The molecule has 0 aromatic heterocycles. The van der Waals surface area contributed by atoms with Crippen molar-refractivity contribution in [1.82, 2.24) is 14.9 Å². The predicted octanol–water partition coefficient (Wildman–Crippen LogP) is 4.55. The lowest BCUT2D eigenvalue weighted by molar-refractivity contribution is -0.203. The first-order valence-electron chi connectivity index (χ1n) is 13.8. The van der Waals surface area contributed by atoms with Crippen molar-refractivity contribution >= 4 is 39.6 Å². The molecule has 0 aliphatic heterocycles. The van der Waals surface area contributed by atoms with E-state index in [4.69, 9.17) is 21.1 Å². The van der Waals surface area contributed by atoms with Crippen molar-refractivity contribution < 1.29 is 36.7 Å². The van der Waals surface area contributed by atoms with E-state index in [9.17, 15) is 27.2 Å². The van der Waals surface area contributed by atoms with Gasteiger partial charge in [0, 0.05) is 12.1 Å². The second kappa shape index (κ2) is 11.4. The van der Waals surface area contributed by atoms with E-state index >= 15 is 0 Å². The molecular formula is C30H37ClFN3O7S. The molecule has 2 bridgehead atoms. The van der Waals surface area contributed by atoms with E-state index < -0.39 is 61.9 Å². The standard InChI is InChI=1S/C30H37ClFN3O7S/c1-27(2,3)42-26(38)34-28(4,5)23(24(36)41-6)33-25(37)29-16-30(17-29,18-29)35(15-19-12-13-21(31)22(32)14-19)43(39,40)20-10-8-7-9-11-20/h7-14,23H,15-18H2,1-6H3,(H,33,37)(H,34,38)/t23-,29?,30?/m0/s1. The van der Waals surface area contributed by atoms with Gasteiger partial charge in [-0.15, -0.1) is 0 Å². The Morgan fingerprint density at radius 3 is 2.19 bits per heavy atom. The van der Waals surface area contributed by atoms with E-state index in [-0.39, 0.29) is 35.7 Å². The summed E-state index contributed by atoms with van der Waals surface area (Å²) < 4.78 is 53.5. The normalized spacial score (nSPS) is 22.1. The Balaban J connectivity index is 1.55. The SMILES string of the molecule is COC(=O)[C@H](NC(=O)C12CC(N(Cc3ccc(Cl)c(F)c3)S(=O)(=O)c3ccccc3)(C1)C2)C(C)(C)NC(=O)OC(C)(C)C. The maximum atomic E-state index is 14.3. The molecule has 0 unspecified atom stereocenters. The number of carbonyl (C=O) groups is 3. The van der Waals surface area contributed by atoms with E-state index in [1.165, 1.54) is 35.7 Å². The van der Waals surface area contributed by atoms with Gasteiger partial charge < -0.3 is 20.1 Å². The van der Waals surface area contributed by atoms with Crippen LogP contribution in [0.15, 0.2) is 53.4 Å². The zero-order valence-corrected chi connectivity index (χ0v) is 26.6. The second-order valence-corrected chi connectivity index (χ2v) is 15.2. The maximum Gasteiger partial charge on any atom is 0.408 e. The number of hydrogen-bond donors (Lipinski definition) is 2. The molecule has 3 aliphatic rings. The fraction of sp³-hybridized carbons (Fsp3) is 0.500. The van der Waals surface area contributed by atoms with E-state index in [1.807, 2.05) is 0 Å². The number of alkyl carbamates (subject to hydrolysis) is 1. The summed E-state index contributed by atoms with van der Waals surface area (Å²) in [5.74, 6) is -1.90. The molecule has 0 saturated heterocycles. The topological polar surface area (TPSA) is 131 Å². The van der Waals surface area contributed by atoms with Gasteiger partial charge in [-0.3, -0.25) is 4.79 Å². The van der Waals surface area contributed by atoms with Crippen LogP contribution in [0.4, 0.5) is 9.18 Å². The number of benzene rings is 2. The number of rotatable bonds is 10. The molecule has 10 nitrogen and oxygen atoms in total. The van der Waals surface area contributed by atoms with Crippen molar-refractivity contribution in [3.8, 4) is 0 Å². The van der Waals surface area contributed by atoms with Crippen molar-refractivity contribution in [3.63, 3.8) is 0 Å². The Labute approximate surface area is 256 Å². The molecule has 234 valence electrons. The van der Waals surface area contributed by atoms with Crippen LogP contribution in [0, 0.1) is 11.2 Å². The lowest BCUT2D eigenvalue weighted by Crippen LogP contribution is -2.79. The number of nitrogens with one attached hydrogen (secondary N) is 2. The molecule has 1 atom stereocenters. The number of esters is 1. The van der Waals surface area contributed by atoms with Gasteiger partial charge in [-0.25, -0.2) is 22.4 Å². The molecule has 0 heterocycles. The molecule has 3 aliphatic carbocycles. The van der Waals surface area contributed by atoms with Crippen LogP contribution in [0.1, 0.15) is 59.4 Å². The zero-order chi connectivity index (χ0) is 32.0. The molecule has 3 saturated carbocycles. The summed E-state index contributed by atoms with van der Waals surface area (Å²) in [5, 5.41) is 5.28. The van der Waals surface area contributed by atoms with Crippen LogP contribution >= 0.6 is 11.6 Å². The third kappa shape index (κ3) is 6.51. The lowest BCUT2D eigenvalue weighted by atomic mass is 9.39. The third-order valence-electron chi connectivity index (χ3n) is 7.91. The quantitative estimate of drug-likeness (QED) is 0.365. The summed E-state index contributed by atoms with van der Waals surface area (Å²) in [7, 11) is -2.86. The monoisotopic (exact) mass is 637 g/mol. The molecule has 2 aromatic rings. The highest BCUT2D eigenvalue weighted by molar-refractivity contribution is 7.89. The number of sulfonamides is 1. The van der Waals surface area contributed by atoms with Gasteiger partial charge in [0.05, 0.1) is 28.0 Å². The zero-order valence-electron chi connectivity index (χ0n) is 25.0. The molecule has 2 amide bonds. The van der Waals surface area contributed by atoms with Gasteiger partial charge in [0.25, 0.3) is 0 Å². The van der Waals surface area contributed by atoms with Gasteiger partial charge in [-0.1, -0.05) is 35.9 Å². The number of methoxy groups -OCH3 is 1. The number of ether oxygens (including phenoxy) is 2. The molecule has 43 heavy (non-hydrogen) atoms. The average Bonchev–Trinajstić information content (AvgIpc) is 2.85. The number of amides is 2. The molecule has 2 aromatic carbocycles. The predicted molar refractivity (Wildman–Crippen MR) is 157 cm³/mol. The minimum Gasteiger partial charge on any atom is -0.467 e. The van der Waals surface area contributed by atoms with Gasteiger partial charge in [0.1, 0.15) is 17.5 Å². The molecule has 0 radical (unpaired) electrons. The van der Waals surface area contributed by atoms with Crippen molar-refractivity contribution in [2.24, 2.45) is 5.41 Å². The molecule has 5 rings (SSSR count). The number of nitrogens with zero attached hydrogens (tertiary/aromatic N) is 1. The van der Waals surface area contributed by atoms with Gasteiger partial charge in [-0.2, -0.15) is 4.31 Å². The summed E-state index contributed by atoms with van der Waals surface area (Å²) >= 11 is 5.84. The highest BCUT2D eigenvalue weighted by Crippen LogP contribution is 2.71. The smallest absolute Gasteiger partial charge is 0.408 e. The molecular weight excluding hydrogens is 601 g/mol. The van der Waals surface area contributed by atoms with Crippen LogP contribution in [0.25, 0.3) is 0 Å². The minimum absolute atomic E-state index is 0.0772. The van der Waals surface area contributed by atoms with Gasteiger partial charge >= 0.3 is 12.1 Å². The van der Waals surface area contributed by atoms with Gasteiger partial charge in [0.2, 0.25) is 15.9 Å². The molecule has 13 heteroatoms. The van der Waals surface area contributed by atoms with E-state index in [0.717, 1.165) is 0 Å². The Hall–Kier alpha value is -3.22. The highest BCUT2D eigenvalue weighted by atomic mass is 35.5. The fourth-order valence-corrected chi connectivity index (χ4v) is 7.74. The molecule has 0 spiro atoms. The van der Waals surface area contributed by atoms with Gasteiger partial charge in [-0.05, 0) is 83.7 Å². The first-order valence-corrected chi connectivity index (χ1v) is 15.6. The van der Waals surface area contributed by atoms with Crippen LogP contribution < -0.4 is 10.6 Å². The van der Waals surface area contributed by atoms with Crippen molar-refractivity contribution in [1.29, 1.82) is 0 Å². The third-order valence-corrected chi connectivity index (χ3v) is 10.2. The summed E-state index contributed by atoms with van der Waals surface area (Å²) in [5.41, 5.74) is -3.48. The van der Waals surface area contributed by atoms with E-state index in [2.05, 4.69) is 10.6 Å². The van der Waals surface area contributed by atoms with E-state index in [1.54, 1.807) is 58.9 Å².